The first-order valence-electron chi connectivity index (χ1n) is 12.2. The number of nitrogens with zero attached hydrogens (tertiary/aromatic N) is 6. The van der Waals surface area contributed by atoms with E-state index < -0.39 is 0 Å². The minimum absolute atomic E-state index is 0.0481. The van der Waals surface area contributed by atoms with Crippen LogP contribution in [-0.2, 0) is 0 Å². The van der Waals surface area contributed by atoms with Gasteiger partial charge in [0.1, 0.15) is 11.6 Å². The summed E-state index contributed by atoms with van der Waals surface area (Å²) in [5.74, 6) is 2.29. The Kier molecular flexibility index (Phi) is 6.86. The Bertz CT molecular complexity index is 1480. The van der Waals surface area contributed by atoms with Gasteiger partial charge in [-0.1, -0.05) is 24.3 Å². The Hall–Kier alpha value is -3.91. The largest absolute Gasteiger partial charge is 0.363 e. The standard InChI is InChI=1S/C28H29N7S/c1-5-35(6-2)28-29-15-23(16-30-28)21-9-7-8-20(12-21)18(3)32-27-14-25(33-19(4)34-27)22-10-11-24-26(13-22)36-17-31-24/h7-18H,5-6H2,1-4H3,(H,32,33,34)/t18-/m0/s1. The van der Waals surface area contributed by atoms with E-state index in [1.165, 1.54) is 0 Å². The normalized spacial score (nSPS) is 12.0. The van der Waals surface area contributed by atoms with Crippen LogP contribution in [0.3, 0.4) is 0 Å². The molecule has 0 fully saturated rings. The van der Waals surface area contributed by atoms with Crippen molar-refractivity contribution in [2.75, 3.05) is 23.3 Å². The smallest absolute Gasteiger partial charge is 0.225 e. The molecule has 182 valence electrons. The lowest BCUT2D eigenvalue weighted by molar-refractivity contribution is 0.821. The third kappa shape index (κ3) is 5.04. The second-order valence-corrected chi connectivity index (χ2v) is 9.54. The highest BCUT2D eigenvalue weighted by atomic mass is 32.1. The molecule has 0 aliphatic carbocycles. The summed E-state index contributed by atoms with van der Waals surface area (Å²) in [4.78, 5) is 25.0. The summed E-state index contributed by atoms with van der Waals surface area (Å²) in [5, 5.41) is 3.56. The van der Waals surface area contributed by atoms with Crippen molar-refractivity contribution in [1.82, 2.24) is 24.9 Å². The van der Waals surface area contributed by atoms with Crippen LogP contribution >= 0.6 is 11.3 Å². The van der Waals surface area contributed by atoms with Gasteiger partial charge in [-0.2, -0.15) is 0 Å². The number of rotatable bonds is 8. The number of aromatic nitrogens is 5. The van der Waals surface area contributed by atoms with Gasteiger partial charge in [-0.3, -0.25) is 0 Å². The molecule has 1 atom stereocenters. The van der Waals surface area contributed by atoms with Crippen LogP contribution in [0, 0.1) is 6.92 Å². The van der Waals surface area contributed by atoms with Crippen molar-refractivity contribution in [2.24, 2.45) is 0 Å². The molecule has 0 bridgehead atoms. The van der Waals surface area contributed by atoms with Crippen LogP contribution in [0.2, 0.25) is 0 Å². The van der Waals surface area contributed by atoms with Crippen molar-refractivity contribution < 1.29 is 0 Å². The molecule has 0 saturated carbocycles. The quantitative estimate of drug-likeness (QED) is 0.262. The van der Waals surface area contributed by atoms with Gasteiger partial charge < -0.3 is 10.2 Å². The zero-order valence-electron chi connectivity index (χ0n) is 20.9. The molecular weight excluding hydrogens is 466 g/mol. The maximum absolute atomic E-state index is 4.68. The molecule has 5 aromatic rings. The van der Waals surface area contributed by atoms with Crippen molar-refractivity contribution in [1.29, 1.82) is 0 Å². The predicted molar refractivity (Wildman–Crippen MR) is 148 cm³/mol. The average Bonchev–Trinajstić information content (AvgIpc) is 3.38. The summed E-state index contributed by atoms with van der Waals surface area (Å²) >= 11 is 1.63. The van der Waals surface area contributed by atoms with E-state index in [9.17, 15) is 0 Å². The van der Waals surface area contributed by atoms with Crippen LogP contribution in [-0.4, -0.2) is 38.0 Å². The first-order chi connectivity index (χ1) is 17.5. The maximum atomic E-state index is 4.68. The molecule has 0 aliphatic rings. The predicted octanol–water partition coefficient (Wildman–Crippen LogP) is 6.54. The minimum Gasteiger partial charge on any atom is -0.363 e. The molecule has 7 nitrogen and oxygen atoms in total. The lowest BCUT2D eigenvalue weighted by atomic mass is 10.0. The number of nitrogens with one attached hydrogen (secondary N) is 1. The zero-order chi connectivity index (χ0) is 25.1. The van der Waals surface area contributed by atoms with E-state index in [0.717, 1.165) is 68.8 Å². The van der Waals surface area contributed by atoms with Crippen molar-refractivity contribution in [3.63, 3.8) is 0 Å². The molecule has 3 aromatic heterocycles. The first-order valence-corrected chi connectivity index (χ1v) is 13.0. The summed E-state index contributed by atoms with van der Waals surface area (Å²) in [5.41, 5.74) is 8.07. The molecule has 0 amide bonds. The maximum Gasteiger partial charge on any atom is 0.225 e. The molecular formula is C28H29N7S. The Balaban J connectivity index is 1.36. The van der Waals surface area contributed by atoms with Crippen LogP contribution in [0.4, 0.5) is 11.8 Å². The second kappa shape index (κ2) is 10.4. The fourth-order valence-corrected chi connectivity index (χ4v) is 4.95. The van der Waals surface area contributed by atoms with Crippen LogP contribution in [0.25, 0.3) is 32.6 Å². The summed E-state index contributed by atoms with van der Waals surface area (Å²) in [6.45, 7) is 10.1. The van der Waals surface area contributed by atoms with Gasteiger partial charge in [0.25, 0.3) is 0 Å². The Morgan fingerprint density at radius 2 is 1.69 bits per heavy atom. The Morgan fingerprint density at radius 3 is 2.47 bits per heavy atom. The van der Waals surface area contributed by atoms with Crippen molar-refractivity contribution >= 4 is 33.3 Å². The molecule has 0 aliphatic heterocycles. The monoisotopic (exact) mass is 495 g/mol. The number of thiazole rings is 1. The average molecular weight is 496 g/mol. The van der Waals surface area contributed by atoms with E-state index >= 15 is 0 Å². The van der Waals surface area contributed by atoms with E-state index in [4.69, 9.17) is 0 Å². The third-order valence-corrected chi connectivity index (χ3v) is 7.03. The minimum atomic E-state index is 0.0481. The van der Waals surface area contributed by atoms with Gasteiger partial charge >= 0.3 is 0 Å². The van der Waals surface area contributed by atoms with Crippen LogP contribution in [0.1, 0.15) is 38.2 Å². The number of anilines is 2. The fourth-order valence-electron chi connectivity index (χ4n) is 4.24. The molecule has 36 heavy (non-hydrogen) atoms. The fraction of sp³-hybridized carbons (Fsp3) is 0.250. The van der Waals surface area contributed by atoms with Crippen LogP contribution in [0.15, 0.2) is 66.4 Å². The van der Waals surface area contributed by atoms with Gasteiger partial charge in [-0.25, -0.2) is 24.9 Å². The topological polar surface area (TPSA) is 79.7 Å². The van der Waals surface area contributed by atoms with Crippen molar-refractivity contribution in [2.45, 2.75) is 33.7 Å². The first kappa shape index (κ1) is 23.8. The van der Waals surface area contributed by atoms with E-state index in [1.807, 2.05) is 37.0 Å². The van der Waals surface area contributed by atoms with Gasteiger partial charge in [0, 0.05) is 48.7 Å². The molecule has 3 heterocycles. The van der Waals surface area contributed by atoms with Crippen molar-refractivity contribution in [3.8, 4) is 22.4 Å². The molecule has 0 radical (unpaired) electrons. The summed E-state index contributed by atoms with van der Waals surface area (Å²) < 4.78 is 1.15. The van der Waals surface area contributed by atoms with Crippen molar-refractivity contribution in [3.05, 3.63) is 77.8 Å². The number of aryl methyl sites for hydroxylation is 1. The summed E-state index contributed by atoms with van der Waals surface area (Å²) in [6, 6.07) is 16.8. The highest BCUT2D eigenvalue weighted by Crippen LogP contribution is 2.28. The lowest BCUT2D eigenvalue weighted by Crippen LogP contribution is -2.23. The van der Waals surface area contributed by atoms with Crippen LogP contribution in [0.5, 0.6) is 0 Å². The number of hydrogen-bond acceptors (Lipinski definition) is 8. The molecule has 0 saturated heterocycles. The van der Waals surface area contributed by atoms with Gasteiger partial charge in [0.15, 0.2) is 0 Å². The van der Waals surface area contributed by atoms with Crippen LogP contribution < -0.4 is 10.2 Å². The molecule has 0 spiro atoms. The highest BCUT2D eigenvalue weighted by Gasteiger charge is 2.12. The van der Waals surface area contributed by atoms with Gasteiger partial charge in [-0.15, -0.1) is 11.3 Å². The second-order valence-electron chi connectivity index (χ2n) is 8.66. The third-order valence-electron chi connectivity index (χ3n) is 6.23. The lowest BCUT2D eigenvalue weighted by Gasteiger charge is -2.19. The molecule has 5 rings (SSSR count). The van der Waals surface area contributed by atoms with E-state index in [-0.39, 0.29) is 6.04 Å². The SMILES string of the molecule is CCN(CC)c1ncc(-c2cccc([C@H](C)Nc3cc(-c4ccc5ncsc5c4)nc(C)n3)c2)cn1. The number of hydrogen-bond donors (Lipinski definition) is 1. The summed E-state index contributed by atoms with van der Waals surface area (Å²) in [6.07, 6.45) is 3.80. The van der Waals surface area contributed by atoms with E-state index in [2.05, 4.69) is 92.3 Å². The van der Waals surface area contributed by atoms with Gasteiger partial charge in [0.05, 0.1) is 21.4 Å². The molecule has 2 aromatic carbocycles. The zero-order valence-corrected chi connectivity index (χ0v) is 21.8. The molecule has 1 N–H and O–H groups in total. The summed E-state index contributed by atoms with van der Waals surface area (Å²) in [7, 11) is 0. The van der Waals surface area contributed by atoms with E-state index in [0.29, 0.717) is 0 Å². The van der Waals surface area contributed by atoms with Gasteiger partial charge in [0.2, 0.25) is 5.95 Å². The molecule has 0 unspecified atom stereocenters. The van der Waals surface area contributed by atoms with Gasteiger partial charge in [-0.05, 0) is 57.0 Å². The highest BCUT2D eigenvalue weighted by molar-refractivity contribution is 7.16. The van der Waals surface area contributed by atoms with E-state index in [1.54, 1.807) is 11.3 Å². The Labute approximate surface area is 215 Å². The number of benzene rings is 2. The number of fused-ring (bicyclic) bond motifs is 1. The Morgan fingerprint density at radius 1 is 0.889 bits per heavy atom. The molecule has 8 heteroatoms.